The third-order valence-corrected chi connectivity index (χ3v) is 7.63. The summed E-state index contributed by atoms with van der Waals surface area (Å²) < 4.78 is 23.8. The van der Waals surface area contributed by atoms with Crippen molar-refractivity contribution in [3.8, 4) is 0 Å². The van der Waals surface area contributed by atoms with Crippen LogP contribution in [0.2, 0.25) is 0 Å². The van der Waals surface area contributed by atoms with Crippen LogP contribution in [0.3, 0.4) is 0 Å². The normalized spacial score (nSPS) is 23.5. The van der Waals surface area contributed by atoms with Crippen molar-refractivity contribution in [3.63, 3.8) is 0 Å². The van der Waals surface area contributed by atoms with Crippen LogP contribution in [0.1, 0.15) is 18.4 Å². The first kappa shape index (κ1) is 20.7. The molecule has 152 valence electrons. The van der Waals surface area contributed by atoms with E-state index in [0.717, 1.165) is 23.0 Å². The summed E-state index contributed by atoms with van der Waals surface area (Å²) in [6.45, 7) is 0.264. The number of rotatable bonds is 6. The first-order valence-electron chi connectivity index (χ1n) is 8.92. The maximum Gasteiger partial charge on any atom is 0.286 e. The van der Waals surface area contributed by atoms with Crippen LogP contribution in [0.4, 0.5) is 10.5 Å². The Hall–Kier alpha value is -2.07. The molecule has 3 amide bonds. The molecule has 2 aliphatic rings. The molecule has 1 N–H and O–H groups in total. The highest BCUT2D eigenvalue weighted by Gasteiger charge is 2.38. The standard InChI is InChI=1S/C18H23N3O5S2/c1-20(2)13-5-3-12(4-6-13)10-21(14-7-8-28(25,26)11-14)16(22)9-15-17(23)19-18(24)27-15/h3-6,14-15H,7-11H2,1-2H3,(H,19,23,24). The Morgan fingerprint density at radius 2 is 1.89 bits per heavy atom. The summed E-state index contributed by atoms with van der Waals surface area (Å²) in [6, 6.07) is 7.25. The van der Waals surface area contributed by atoms with E-state index in [1.54, 1.807) is 4.90 Å². The first-order valence-corrected chi connectivity index (χ1v) is 11.6. The summed E-state index contributed by atoms with van der Waals surface area (Å²) in [5, 5.41) is 0.946. The zero-order valence-electron chi connectivity index (χ0n) is 15.8. The quantitative estimate of drug-likeness (QED) is 0.725. The molecule has 0 aliphatic carbocycles. The Kier molecular flexibility index (Phi) is 5.99. The number of imide groups is 1. The van der Waals surface area contributed by atoms with Gasteiger partial charge < -0.3 is 9.80 Å². The fourth-order valence-corrected chi connectivity index (χ4v) is 5.88. The number of amides is 3. The Bertz CT molecular complexity index is 883. The predicted molar refractivity (Wildman–Crippen MR) is 108 cm³/mol. The average molecular weight is 426 g/mol. The van der Waals surface area contributed by atoms with Gasteiger partial charge in [-0.1, -0.05) is 23.9 Å². The summed E-state index contributed by atoms with van der Waals surface area (Å²) in [5.41, 5.74) is 1.89. The van der Waals surface area contributed by atoms with Gasteiger partial charge in [-0.2, -0.15) is 0 Å². The van der Waals surface area contributed by atoms with E-state index in [-0.39, 0.29) is 30.4 Å². The van der Waals surface area contributed by atoms with Crippen molar-refractivity contribution in [3.05, 3.63) is 29.8 Å². The van der Waals surface area contributed by atoms with E-state index < -0.39 is 32.3 Å². The number of carbonyl (C=O) groups excluding carboxylic acids is 3. The van der Waals surface area contributed by atoms with Crippen molar-refractivity contribution >= 4 is 44.3 Å². The van der Waals surface area contributed by atoms with Gasteiger partial charge in [-0.05, 0) is 24.1 Å². The van der Waals surface area contributed by atoms with Gasteiger partial charge in [0.2, 0.25) is 11.8 Å². The number of hydrogen-bond donors (Lipinski definition) is 1. The van der Waals surface area contributed by atoms with Crippen LogP contribution < -0.4 is 10.2 Å². The van der Waals surface area contributed by atoms with Crippen LogP contribution in [0.15, 0.2) is 24.3 Å². The molecule has 2 aliphatic heterocycles. The van der Waals surface area contributed by atoms with Gasteiger partial charge in [-0.15, -0.1) is 0 Å². The van der Waals surface area contributed by atoms with Crippen molar-refractivity contribution in [2.75, 3.05) is 30.5 Å². The number of nitrogens with zero attached hydrogens (tertiary/aromatic N) is 2. The van der Waals surface area contributed by atoms with E-state index in [4.69, 9.17) is 0 Å². The smallest absolute Gasteiger partial charge is 0.286 e. The fourth-order valence-electron chi connectivity index (χ4n) is 3.34. The van der Waals surface area contributed by atoms with Crippen LogP contribution in [0.25, 0.3) is 0 Å². The lowest BCUT2D eigenvalue weighted by molar-refractivity contribution is -0.135. The number of sulfone groups is 1. The van der Waals surface area contributed by atoms with Gasteiger partial charge in [0.05, 0.1) is 11.5 Å². The zero-order chi connectivity index (χ0) is 20.5. The molecular formula is C18H23N3O5S2. The molecule has 8 nitrogen and oxygen atoms in total. The molecule has 0 aromatic heterocycles. The van der Waals surface area contributed by atoms with Crippen LogP contribution in [-0.2, 0) is 26.0 Å². The third kappa shape index (κ3) is 4.85. The second-order valence-corrected chi connectivity index (χ2v) is 10.6. The maximum atomic E-state index is 12.9. The minimum atomic E-state index is -3.17. The van der Waals surface area contributed by atoms with Crippen LogP contribution in [0.5, 0.6) is 0 Å². The summed E-state index contributed by atoms with van der Waals surface area (Å²) in [5.74, 6) is -0.811. The first-order chi connectivity index (χ1) is 13.1. The summed E-state index contributed by atoms with van der Waals surface area (Å²) in [7, 11) is 0.691. The van der Waals surface area contributed by atoms with Gasteiger partial charge in [0.1, 0.15) is 5.25 Å². The molecule has 2 atom stereocenters. The van der Waals surface area contributed by atoms with Gasteiger partial charge in [0, 0.05) is 38.8 Å². The highest BCUT2D eigenvalue weighted by Crippen LogP contribution is 2.26. The van der Waals surface area contributed by atoms with E-state index in [1.165, 1.54) is 0 Å². The van der Waals surface area contributed by atoms with Gasteiger partial charge in [-0.3, -0.25) is 19.7 Å². The van der Waals surface area contributed by atoms with Crippen LogP contribution in [0, 0.1) is 0 Å². The van der Waals surface area contributed by atoms with Crippen molar-refractivity contribution in [2.45, 2.75) is 30.7 Å². The third-order valence-electron chi connectivity index (χ3n) is 4.90. The molecule has 3 rings (SSSR count). The Morgan fingerprint density at radius 1 is 1.21 bits per heavy atom. The van der Waals surface area contributed by atoms with Crippen LogP contribution in [-0.4, -0.2) is 67.3 Å². The lowest BCUT2D eigenvalue weighted by atomic mass is 10.1. The van der Waals surface area contributed by atoms with Gasteiger partial charge in [0.15, 0.2) is 9.84 Å². The summed E-state index contributed by atoms with van der Waals surface area (Å²) >= 11 is 0.802. The second kappa shape index (κ2) is 8.12. The van der Waals surface area contributed by atoms with Crippen molar-refractivity contribution in [2.24, 2.45) is 0 Å². The SMILES string of the molecule is CN(C)c1ccc(CN(C(=O)CC2SC(=O)NC2=O)C2CCS(=O)(=O)C2)cc1. The number of thioether (sulfide) groups is 1. The Morgan fingerprint density at radius 3 is 2.39 bits per heavy atom. The number of carbonyl (C=O) groups is 3. The van der Waals surface area contributed by atoms with Crippen molar-refractivity contribution in [1.29, 1.82) is 0 Å². The van der Waals surface area contributed by atoms with E-state index in [0.29, 0.717) is 6.42 Å². The van der Waals surface area contributed by atoms with Crippen LogP contribution >= 0.6 is 11.8 Å². The molecule has 1 aromatic carbocycles. The molecule has 2 heterocycles. The molecule has 2 unspecified atom stereocenters. The van der Waals surface area contributed by atoms with Gasteiger partial charge in [-0.25, -0.2) is 8.42 Å². The molecular weight excluding hydrogens is 402 g/mol. The van der Waals surface area contributed by atoms with Crippen molar-refractivity contribution < 1.29 is 22.8 Å². The molecule has 0 spiro atoms. The monoisotopic (exact) mass is 425 g/mol. The highest BCUT2D eigenvalue weighted by atomic mass is 32.2. The lowest BCUT2D eigenvalue weighted by Crippen LogP contribution is -2.42. The van der Waals surface area contributed by atoms with E-state index in [9.17, 15) is 22.8 Å². The summed E-state index contributed by atoms with van der Waals surface area (Å²) in [4.78, 5) is 39.6. The number of benzene rings is 1. The molecule has 10 heteroatoms. The van der Waals surface area contributed by atoms with Gasteiger partial charge in [0.25, 0.3) is 5.24 Å². The number of nitrogens with one attached hydrogen (secondary N) is 1. The van der Waals surface area contributed by atoms with E-state index in [2.05, 4.69) is 5.32 Å². The van der Waals surface area contributed by atoms with E-state index >= 15 is 0 Å². The minimum absolute atomic E-state index is 0.0537. The molecule has 2 fully saturated rings. The molecule has 28 heavy (non-hydrogen) atoms. The molecule has 0 saturated carbocycles. The second-order valence-electron chi connectivity index (χ2n) is 7.23. The highest BCUT2D eigenvalue weighted by molar-refractivity contribution is 8.15. The van der Waals surface area contributed by atoms with E-state index in [1.807, 2.05) is 43.3 Å². The largest absolute Gasteiger partial charge is 0.378 e. The maximum absolute atomic E-state index is 12.9. The van der Waals surface area contributed by atoms with Gasteiger partial charge >= 0.3 is 0 Å². The predicted octanol–water partition coefficient (Wildman–Crippen LogP) is 1.01. The Balaban J connectivity index is 1.77. The zero-order valence-corrected chi connectivity index (χ0v) is 17.4. The molecule has 1 aromatic rings. The van der Waals surface area contributed by atoms with Crippen molar-refractivity contribution in [1.82, 2.24) is 10.2 Å². The topological polar surface area (TPSA) is 104 Å². The molecule has 0 radical (unpaired) electrons. The minimum Gasteiger partial charge on any atom is -0.378 e. The fraction of sp³-hybridized carbons (Fsp3) is 0.500. The Labute approximate surface area is 168 Å². The summed E-state index contributed by atoms with van der Waals surface area (Å²) in [6.07, 6.45) is 0.251. The number of hydrogen-bond acceptors (Lipinski definition) is 7. The molecule has 2 saturated heterocycles. The number of anilines is 1. The lowest BCUT2D eigenvalue weighted by Gasteiger charge is -2.29. The average Bonchev–Trinajstić information content (AvgIpc) is 3.13. The molecule has 0 bridgehead atoms.